The summed E-state index contributed by atoms with van der Waals surface area (Å²) in [6.45, 7) is 4.92. The Kier molecular flexibility index (Phi) is 10.4. The Morgan fingerprint density at radius 1 is 1.06 bits per heavy atom. The molecular weight excluding hydrogens is 516 g/mol. The summed E-state index contributed by atoms with van der Waals surface area (Å²) in [5.41, 5.74) is 0.677. The Bertz CT molecular complexity index is 1150. The Balaban J connectivity index is 2.46. The minimum atomic E-state index is -3.90. The molecule has 0 fully saturated rings. The normalized spacial score (nSPS) is 13.1. The van der Waals surface area contributed by atoms with Crippen molar-refractivity contribution in [3.63, 3.8) is 0 Å². The minimum absolute atomic E-state index is 0.0394. The third-order valence-electron chi connectivity index (χ3n) is 5.54. The van der Waals surface area contributed by atoms with Crippen LogP contribution in [0.4, 0.5) is 10.1 Å². The first-order valence-electron chi connectivity index (χ1n) is 11.1. The van der Waals surface area contributed by atoms with Crippen LogP contribution >= 0.6 is 23.2 Å². The smallest absolute Gasteiger partial charge is 0.244 e. The third-order valence-corrected chi connectivity index (χ3v) is 7.26. The number of carbonyl (C=O) groups is 2. The molecule has 0 unspecified atom stereocenters. The molecule has 2 aromatic carbocycles. The average Bonchev–Trinajstić information content (AvgIpc) is 2.78. The van der Waals surface area contributed by atoms with Gasteiger partial charge in [0, 0.05) is 22.6 Å². The number of carbonyl (C=O) groups excluding carboxylic acids is 2. The van der Waals surface area contributed by atoms with Crippen LogP contribution in [0.3, 0.4) is 0 Å². The molecule has 2 atom stereocenters. The Hall–Kier alpha value is -2.36. The van der Waals surface area contributed by atoms with Crippen molar-refractivity contribution in [3.05, 3.63) is 63.9 Å². The summed E-state index contributed by atoms with van der Waals surface area (Å²) in [6, 6.07) is 8.58. The maximum Gasteiger partial charge on any atom is 0.244 e. The van der Waals surface area contributed by atoms with Gasteiger partial charge >= 0.3 is 0 Å². The Morgan fingerprint density at radius 2 is 1.69 bits per heavy atom. The van der Waals surface area contributed by atoms with Crippen LogP contribution in [0.15, 0.2) is 42.5 Å². The molecule has 0 spiro atoms. The van der Waals surface area contributed by atoms with Crippen molar-refractivity contribution in [3.8, 4) is 0 Å². The maximum atomic E-state index is 13.6. The third kappa shape index (κ3) is 8.08. The largest absolute Gasteiger partial charge is 0.352 e. The van der Waals surface area contributed by atoms with Gasteiger partial charge in [0.25, 0.3) is 0 Å². The Labute approximate surface area is 216 Å². The van der Waals surface area contributed by atoms with Crippen LogP contribution in [0.5, 0.6) is 0 Å². The van der Waals surface area contributed by atoms with Crippen LogP contribution in [-0.2, 0) is 26.2 Å². The second-order valence-electron chi connectivity index (χ2n) is 8.25. The predicted octanol–water partition coefficient (Wildman–Crippen LogP) is 4.62. The van der Waals surface area contributed by atoms with Gasteiger partial charge in [-0.05, 0) is 61.7 Å². The van der Waals surface area contributed by atoms with Crippen LogP contribution < -0.4 is 9.62 Å². The van der Waals surface area contributed by atoms with Crippen molar-refractivity contribution in [1.82, 2.24) is 10.2 Å². The van der Waals surface area contributed by atoms with Crippen molar-refractivity contribution in [1.29, 1.82) is 0 Å². The van der Waals surface area contributed by atoms with E-state index >= 15 is 0 Å². The number of hydrogen-bond donors (Lipinski definition) is 1. The van der Waals surface area contributed by atoms with Gasteiger partial charge in [0.15, 0.2) is 0 Å². The van der Waals surface area contributed by atoms with Crippen LogP contribution in [0.25, 0.3) is 0 Å². The molecule has 0 aliphatic rings. The van der Waals surface area contributed by atoms with E-state index in [1.54, 1.807) is 19.1 Å². The molecule has 0 aliphatic heterocycles. The molecule has 0 saturated heterocycles. The van der Waals surface area contributed by atoms with Gasteiger partial charge in [-0.15, -0.1) is 0 Å². The second-order valence-corrected chi connectivity index (χ2v) is 11.0. The number of hydrogen-bond acceptors (Lipinski definition) is 4. The van der Waals surface area contributed by atoms with E-state index in [1.165, 1.54) is 23.1 Å². The van der Waals surface area contributed by atoms with E-state index in [9.17, 15) is 22.4 Å². The molecule has 192 valence electrons. The van der Waals surface area contributed by atoms with Gasteiger partial charge in [0.2, 0.25) is 21.8 Å². The molecule has 0 aromatic heterocycles. The van der Waals surface area contributed by atoms with Crippen LogP contribution in [0.1, 0.15) is 39.2 Å². The van der Waals surface area contributed by atoms with Crippen molar-refractivity contribution in [2.24, 2.45) is 0 Å². The van der Waals surface area contributed by atoms with Gasteiger partial charge in [0.1, 0.15) is 18.4 Å². The summed E-state index contributed by atoms with van der Waals surface area (Å²) in [5.74, 6) is -1.51. The van der Waals surface area contributed by atoms with E-state index in [1.807, 2.05) is 13.8 Å². The fraction of sp³-hybridized carbons (Fsp3) is 0.417. The summed E-state index contributed by atoms with van der Waals surface area (Å²) in [5, 5.41) is 3.61. The van der Waals surface area contributed by atoms with E-state index in [-0.39, 0.29) is 30.6 Å². The molecule has 0 saturated carbocycles. The molecule has 7 nitrogen and oxygen atoms in total. The summed E-state index contributed by atoms with van der Waals surface area (Å²) < 4.78 is 39.3. The van der Waals surface area contributed by atoms with Gasteiger partial charge in [-0.25, -0.2) is 12.8 Å². The summed E-state index contributed by atoms with van der Waals surface area (Å²) in [4.78, 5) is 28.0. The first kappa shape index (κ1) is 28.9. The van der Waals surface area contributed by atoms with E-state index in [2.05, 4.69) is 5.32 Å². The van der Waals surface area contributed by atoms with Gasteiger partial charge < -0.3 is 10.2 Å². The van der Waals surface area contributed by atoms with Gasteiger partial charge in [-0.2, -0.15) is 0 Å². The second kappa shape index (κ2) is 12.6. The number of anilines is 1. The Morgan fingerprint density at radius 3 is 2.20 bits per heavy atom. The molecule has 0 aliphatic carbocycles. The van der Waals surface area contributed by atoms with Crippen molar-refractivity contribution >= 4 is 50.7 Å². The molecule has 11 heteroatoms. The molecule has 2 rings (SSSR count). The molecular formula is C24H30Cl2FN3O4S. The fourth-order valence-electron chi connectivity index (χ4n) is 3.42. The SMILES string of the molecule is CC[C@@H](C)NC(=O)[C@H](CC)N(Cc1ccc(Cl)cc1Cl)C(=O)CN(c1ccc(F)cc1)S(C)(=O)=O. The lowest BCUT2D eigenvalue weighted by Crippen LogP contribution is -2.53. The van der Waals surface area contributed by atoms with Gasteiger partial charge in [-0.3, -0.25) is 13.9 Å². The standard InChI is InChI=1S/C24H30Cl2FN3O4S/c1-5-16(3)28-24(32)22(6-2)29(14-17-7-8-18(25)13-21(17)26)23(31)15-30(35(4,33)34)20-11-9-19(27)10-12-20/h7-13,16,22H,5-6,14-15H2,1-4H3,(H,28,32)/t16-,22+/m1/s1. The average molecular weight is 546 g/mol. The number of halogens is 3. The summed E-state index contributed by atoms with van der Waals surface area (Å²) in [7, 11) is -3.90. The molecule has 2 aromatic rings. The number of rotatable bonds is 11. The highest BCUT2D eigenvalue weighted by atomic mass is 35.5. The van der Waals surface area contributed by atoms with Crippen LogP contribution in [-0.4, -0.2) is 50.0 Å². The van der Waals surface area contributed by atoms with E-state index in [4.69, 9.17) is 23.2 Å². The molecule has 0 radical (unpaired) electrons. The van der Waals surface area contributed by atoms with Crippen molar-refractivity contribution < 1.29 is 22.4 Å². The number of amides is 2. The lowest BCUT2D eigenvalue weighted by atomic mass is 10.1. The van der Waals surface area contributed by atoms with E-state index in [0.717, 1.165) is 22.7 Å². The number of benzene rings is 2. The van der Waals surface area contributed by atoms with Gasteiger partial charge in [0.05, 0.1) is 11.9 Å². The van der Waals surface area contributed by atoms with Gasteiger partial charge in [-0.1, -0.05) is 43.1 Å². The van der Waals surface area contributed by atoms with E-state index < -0.39 is 34.3 Å². The first-order valence-corrected chi connectivity index (χ1v) is 13.7. The number of nitrogens with zero attached hydrogens (tertiary/aromatic N) is 2. The topological polar surface area (TPSA) is 86.8 Å². The fourth-order valence-corrected chi connectivity index (χ4v) is 4.73. The molecule has 1 N–H and O–H groups in total. The first-order chi connectivity index (χ1) is 16.4. The lowest BCUT2D eigenvalue weighted by molar-refractivity contribution is -0.140. The molecule has 0 heterocycles. The zero-order valence-electron chi connectivity index (χ0n) is 20.1. The monoisotopic (exact) mass is 545 g/mol. The molecule has 2 amide bonds. The zero-order chi connectivity index (χ0) is 26.3. The van der Waals surface area contributed by atoms with E-state index in [0.29, 0.717) is 22.0 Å². The predicted molar refractivity (Wildman–Crippen MR) is 138 cm³/mol. The van der Waals surface area contributed by atoms with Crippen molar-refractivity contribution in [2.75, 3.05) is 17.1 Å². The minimum Gasteiger partial charge on any atom is -0.352 e. The molecule has 0 bridgehead atoms. The van der Waals surface area contributed by atoms with Crippen LogP contribution in [0.2, 0.25) is 10.0 Å². The highest BCUT2D eigenvalue weighted by molar-refractivity contribution is 7.92. The maximum absolute atomic E-state index is 13.6. The number of nitrogens with one attached hydrogen (secondary N) is 1. The highest BCUT2D eigenvalue weighted by Gasteiger charge is 2.32. The highest BCUT2D eigenvalue weighted by Crippen LogP contribution is 2.25. The number of sulfonamides is 1. The summed E-state index contributed by atoms with van der Waals surface area (Å²) in [6.07, 6.45) is 1.94. The van der Waals surface area contributed by atoms with Crippen molar-refractivity contribution in [2.45, 2.75) is 52.2 Å². The van der Waals surface area contributed by atoms with Crippen LogP contribution in [0, 0.1) is 5.82 Å². The lowest BCUT2D eigenvalue weighted by Gasteiger charge is -2.33. The zero-order valence-corrected chi connectivity index (χ0v) is 22.4. The summed E-state index contributed by atoms with van der Waals surface area (Å²) >= 11 is 12.3. The quantitative estimate of drug-likeness (QED) is 0.446. The molecule has 35 heavy (non-hydrogen) atoms.